The van der Waals surface area contributed by atoms with Gasteiger partial charge in [0.25, 0.3) is 0 Å². The van der Waals surface area contributed by atoms with Gasteiger partial charge in [0.2, 0.25) is 5.91 Å². The highest BCUT2D eigenvalue weighted by Crippen LogP contribution is 2.29. The molecule has 7 heteroatoms. The van der Waals surface area contributed by atoms with Crippen molar-refractivity contribution in [3.63, 3.8) is 0 Å². The summed E-state index contributed by atoms with van der Waals surface area (Å²) in [5, 5.41) is 12.0. The molecule has 1 aromatic rings. The molecule has 1 aromatic carbocycles. The number of hydrogen-bond acceptors (Lipinski definition) is 4. The highest BCUT2D eigenvalue weighted by Gasteiger charge is 2.25. The van der Waals surface area contributed by atoms with Crippen molar-refractivity contribution in [2.45, 2.75) is 44.4 Å². The van der Waals surface area contributed by atoms with Gasteiger partial charge in [-0.2, -0.15) is 0 Å². The van der Waals surface area contributed by atoms with Gasteiger partial charge in [0.1, 0.15) is 5.75 Å². The number of carboxylic acids is 1. The van der Waals surface area contributed by atoms with E-state index in [0.717, 1.165) is 45.4 Å². The van der Waals surface area contributed by atoms with E-state index in [2.05, 4.69) is 5.32 Å². The summed E-state index contributed by atoms with van der Waals surface area (Å²) >= 11 is 0. The summed E-state index contributed by atoms with van der Waals surface area (Å²) in [6, 6.07) is 7.61. The van der Waals surface area contributed by atoms with Crippen molar-refractivity contribution in [1.29, 1.82) is 0 Å². The van der Waals surface area contributed by atoms with Crippen LogP contribution >= 0.6 is 12.4 Å². The number of nitrogens with one attached hydrogen (secondary N) is 1. The van der Waals surface area contributed by atoms with Crippen LogP contribution in [0.1, 0.15) is 50.0 Å². The summed E-state index contributed by atoms with van der Waals surface area (Å²) in [6.45, 7) is 3.47. The third-order valence-corrected chi connectivity index (χ3v) is 5.71. The molecule has 3 rings (SSSR count). The van der Waals surface area contributed by atoms with E-state index in [1.165, 1.54) is 18.4 Å². The summed E-state index contributed by atoms with van der Waals surface area (Å²) in [7, 11) is 0. The molecule has 28 heavy (non-hydrogen) atoms. The van der Waals surface area contributed by atoms with Gasteiger partial charge in [-0.05, 0) is 68.8 Å². The minimum atomic E-state index is -0.981. The Labute approximate surface area is 173 Å². The van der Waals surface area contributed by atoms with Crippen molar-refractivity contribution in [2.24, 2.45) is 5.92 Å². The van der Waals surface area contributed by atoms with Crippen molar-refractivity contribution < 1.29 is 19.4 Å². The van der Waals surface area contributed by atoms with E-state index in [9.17, 15) is 9.59 Å². The number of aliphatic carboxylic acids is 1. The number of carboxylic acid groups (broad SMARTS) is 1. The van der Waals surface area contributed by atoms with Gasteiger partial charge < -0.3 is 20.1 Å². The molecule has 1 amide bonds. The number of benzene rings is 1. The summed E-state index contributed by atoms with van der Waals surface area (Å²) in [4.78, 5) is 25.3. The van der Waals surface area contributed by atoms with E-state index >= 15 is 0 Å². The molecular weight excluding hydrogens is 380 g/mol. The van der Waals surface area contributed by atoms with Crippen LogP contribution < -0.4 is 10.1 Å². The SMILES string of the molecule is Cl.O=C(O)COc1ccc(C2CCCN(C(=O)CCC3CCNCC3)C2)cc1. The Balaban J connectivity index is 0.00000280. The summed E-state index contributed by atoms with van der Waals surface area (Å²) in [5.74, 6) is 0.903. The van der Waals surface area contributed by atoms with Gasteiger partial charge in [-0.3, -0.25) is 4.79 Å². The lowest BCUT2D eigenvalue weighted by molar-refractivity contribution is -0.139. The number of rotatable bonds is 7. The molecule has 2 fully saturated rings. The van der Waals surface area contributed by atoms with Crippen molar-refractivity contribution in [3.8, 4) is 5.75 Å². The number of nitrogens with zero attached hydrogens (tertiary/aromatic N) is 1. The zero-order valence-corrected chi connectivity index (χ0v) is 17.1. The first-order valence-electron chi connectivity index (χ1n) is 10.0. The lowest BCUT2D eigenvalue weighted by Crippen LogP contribution is -2.39. The second-order valence-corrected chi connectivity index (χ2v) is 7.66. The maximum Gasteiger partial charge on any atom is 0.341 e. The molecule has 2 saturated heterocycles. The lowest BCUT2D eigenvalue weighted by atomic mass is 9.89. The molecule has 0 bridgehead atoms. The predicted molar refractivity (Wildman–Crippen MR) is 110 cm³/mol. The summed E-state index contributed by atoms with van der Waals surface area (Å²) in [6.07, 6.45) is 6.16. The molecule has 2 heterocycles. The number of amides is 1. The molecule has 0 aromatic heterocycles. The second-order valence-electron chi connectivity index (χ2n) is 7.66. The van der Waals surface area contributed by atoms with Gasteiger partial charge >= 0.3 is 5.97 Å². The van der Waals surface area contributed by atoms with Crippen LogP contribution in [0, 0.1) is 5.92 Å². The van der Waals surface area contributed by atoms with Crippen LogP contribution in [0.2, 0.25) is 0 Å². The van der Waals surface area contributed by atoms with Gasteiger partial charge in [0.15, 0.2) is 6.61 Å². The maximum atomic E-state index is 12.7. The van der Waals surface area contributed by atoms with Gasteiger partial charge in [-0.1, -0.05) is 12.1 Å². The predicted octanol–water partition coefficient (Wildman–Crippen LogP) is 3.06. The highest BCUT2D eigenvalue weighted by atomic mass is 35.5. The van der Waals surface area contributed by atoms with Crippen molar-refractivity contribution in [3.05, 3.63) is 29.8 Å². The number of hydrogen-bond donors (Lipinski definition) is 2. The molecule has 2 N–H and O–H groups in total. The largest absolute Gasteiger partial charge is 0.482 e. The normalized spacial score (nSPS) is 20.3. The molecule has 1 unspecified atom stereocenters. The summed E-state index contributed by atoms with van der Waals surface area (Å²) < 4.78 is 5.19. The Morgan fingerprint density at radius 2 is 1.86 bits per heavy atom. The van der Waals surface area contributed by atoms with Crippen molar-refractivity contribution >= 4 is 24.3 Å². The number of carbonyl (C=O) groups is 2. The van der Waals surface area contributed by atoms with Crippen LogP contribution in [0.25, 0.3) is 0 Å². The average Bonchev–Trinajstić information content (AvgIpc) is 2.71. The molecule has 2 aliphatic heterocycles. The molecular formula is C21H31ClN2O4. The van der Waals surface area contributed by atoms with Crippen molar-refractivity contribution in [2.75, 3.05) is 32.8 Å². The Bertz CT molecular complexity index is 632. The van der Waals surface area contributed by atoms with E-state index in [4.69, 9.17) is 9.84 Å². The fourth-order valence-corrected chi connectivity index (χ4v) is 4.11. The number of piperidine rings is 2. The minimum Gasteiger partial charge on any atom is -0.482 e. The van der Waals surface area contributed by atoms with E-state index in [0.29, 0.717) is 29.9 Å². The third kappa shape index (κ3) is 6.67. The van der Waals surface area contributed by atoms with Crippen LogP contribution in [0.5, 0.6) is 5.75 Å². The average molecular weight is 411 g/mol. The van der Waals surface area contributed by atoms with E-state index in [-0.39, 0.29) is 19.0 Å². The van der Waals surface area contributed by atoms with Crippen LogP contribution in [-0.4, -0.2) is 54.7 Å². The number of carbonyl (C=O) groups excluding carboxylic acids is 1. The van der Waals surface area contributed by atoms with Gasteiger partial charge in [0.05, 0.1) is 0 Å². The molecule has 156 valence electrons. The van der Waals surface area contributed by atoms with Crippen LogP contribution in [0.4, 0.5) is 0 Å². The lowest BCUT2D eigenvalue weighted by Gasteiger charge is -2.33. The topological polar surface area (TPSA) is 78.9 Å². The fourth-order valence-electron chi connectivity index (χ4n) is 4.11. The monoisotopic (exact) mass is 410 g/mol. The summed E-state index contributed by atoms with van der Waals surface area (Å²) in [5.41, 5.74) is 1.19. The van der Waals surface area contributed by atoms with E-state index < -0.39 is 5.97 Å². The molecule has 0 aliphatic carbocycles. The maximum absolute atomic E-state index is 12.7. The first kappa shape index (κ1) is 22.5. The highest BCUT2D eigenvalue weighted by molar-refractivity contribution is 5.85. The zero-order valence-electron chi connectivity index (χ0n) is 16.3. The van der Waals surface area contributed by atoms with Gasteiger partial charge in [-0.15, -0.1) is 12.4 Å². The van der Waals surface area contributed by atoms with E-state index in [1.807, 2.05) is 29.2 Å². The number of likely N-dealkylation sites (tertiary alicyclic amines) is 1. The second kappa shape index (κ2) is 11.3. The first-order chi connectivity index (χ1) is 13.1. The van der Waals surface area contributed by atoms with Crippen molar-refractivity contribution in [1.82, 2.24) is 10.2 Å². The molecule has 0 spiro atoms. The molecule has 0 saturated carbocycles. The van der Waals surface area contributed by atoms with Gasteiger partial charge in [0, 0.05) is 25.4 Å². The Morgan fingerprint density at radius 1 is 1.14 bits per heavy atom. The van der Waals surface area contributed by atoms with Crippen LogP contribution in [-0.2, 0) is 9.59 Å². The fraction of sp³-hybridized carbons (Fsp3) is 0.619. The van der Waals surface area contributed by atoms with Crippen LogP contribution in [0.15, 0.2) is 24.3 Å². The zero-order chi connectivity index (χ0) is 19.1. The Kier molecular flexibility index (Phi) is 9.06. The quantitative estimate of drug-likeness (QED) is 0.722. The molecule has 1 atom stereocenters. The Hall–Kier alpha value is -1.79. The first-order valence-corrected chi connectivity index (χ1v) is 10.0. The smallest absolute Gasteiger partial charge is 0.341 e. The van der Waals surface area contributed by atoms with E-state index in [1.54, 1.807) is 0 Å². The minimum absolute atomic E-state index is 0. The van der Waals surface area contributed by atoms with Gasteiger partial charge in [-0.25, -0.2) is 4.79 Å². The molecule has 6 nitrogen and oxygen atoms in total. The molecule has 2 aliphatic rings. The molecule has 0 radical (unpaired) electrons. The van der Waals surface area contributed by atoms with Crippen LogP contribution in [0.3, 0.4) is 0 Å². The Morgan fingerprint density at radius 3 is 2.54 bits per heavy atom. The number of ether oxygens (including phenoxy) is 1. The number of halogens is 1. The standard InChI is InChI=1S/C21H30N2O4.ClH/c24-20(8-3-16-9-11-22-12-10-16)23-13-1-2-18(14-23)17-4-6-19(7-5-17)27-15-21(25)26;/h4-7,16,18,22H,1-3,8-15H2,(H,25,26);1H. The third-order valence-electron chi connectivity index (χ3n) is 5.71.